The molecule has 0 radical (unpaired) electrons. The van der Waals surface area contributed by atoms with E-state index >= 15 is 0 Å². The van der Waals surface area contributed by atoms with E-state index in [-0.39, 0.29) is 18.3 Å². The topological polar surface area (TPSA) is 75.6 Å². The van der Waals surface area contributed by atoms with Gasteiger partial charge in [-0.3, -0.25) is 9.59 Å². The molecule has 0 bridgehead atoms. The minimum Gasteiger partial charge on any atom is -0.383 e. The Hall–Kier alpha value is -2.16. The number of hydrogen-bond donors (Lipinski definition) is 0. The highest BCUT2D eigenvalue weighted by Gasteiger charge is 2.57. The summed E-state index contributed by atoms with van der Waals surface area (Å²) >= 11 is 0. The molecule has 1 aromatic rings. The van der Waals surface area contributed by atoms with Crippen LogP contribution in [0.3, 0.4) is 0 Å². The average molecular weight is 354 g/mol. The number of ether oxygens (including phenoxy) is 1. The molecule has 25 heavy (non-hydrogen) atoms. The number of nitrogens with zero attached hydrogens (tertiary/aromatic N) is 4. The van der Waals surface area contributed by atoms with Gasteiger partial charge in [0.25, 0.3) is 11.8 Å². The van der Waals surface area contributed by atoms with Crippen LogP contribution in [-0.4, -0.2) is 77.4 Å². The van der Waals surface area contributed by atoms with Gasteiger partial charge in [0.2, 0.25) is 11.7 Å². The number of hydrogen-bond acceptors (Lipinski definition) is 5. The van der Waals surface area contributed by atoms with Crippen LogP contribution in [0.5, 0.6) is 0 Å². The predicted molar refractivity (Wildman–Crippen MR) is 83.0 cm³/mol. The van der Waals surface area contributed by atoms with Gasteiger partial charge in [-0.15, -0.1) is 0 Å². The van der Waals surface area contributed by atoms with E-state index < -0.39 is 30.2 Å². The molecule has 0 aromatic carbocycles. The molecular formula is C16H20F2N4O3. The first-order valence-corrected chi connectivity index (χ1v) is 8.09. The highest BCUT2D eigenvalue weighted by Crippen LogP contribution is 2.45. The SMILES string of the molecule is COCCN1CC[C@@]2(CN(C(=O)c3ncccn3)CC(F)(F)C2)C1=O. The van der Waals surface area contributed by atoms with Crippen LogP contribution in [-0.2, 0) is 9.53 Å². The third-order valence-electron chi connectivity index (χ3n) is 4.72. The van der Waals surface area contributed by atoms with Gasteiger partial charge in [-0.25, -0.2) is 18.7 Å². The van der Waals surface area contributed by atoms with E-state index in [1.54, 1.807) is 0 Å². The third-order valence-corrected chi connectivity index (χ3v) is 4.72. The van der Waals surface area contributed by atoms with Crippen molar-refractivity contribution in [1.29, 1.82) is 0 Å². The number of amides is 2. The number of alkyl halides is 2. The van der Waals surface area contributed by atoms with Gasteiger partial charge in [-0.05, 0) is 12.5 Å². The fourth-order valence-electron chi connectivity index (χ4n) is 3.62. The van der Waals surface area contributed by atoms with E-state index in [0.29, 0.717) is 26.1 Å². The van der Waals surface area contributed by atoms with E-state index in [1.807, 2.05) is 0 Å². The van der Waals surface area contributed by atoms with Crippen molar-refractivity contribution in [1.82, 2.24) is 19.8 Å². The first-order chi connectivity index (χ1) is 11.9. The van der Waals surface area contributed by atoms with Gasteiger partial charge in [-0.1, -0.05) is 0 Å². The molecule has 2 aliphatic rings. The van der Waals surface area contributed by atoms with Crippen LogP contribution in [0, 0.1) is 5.41 Å². The van der Waals surface area contributed by atoms with Crippen molar-refractivity contribution in [2.24, 2.45) is 5.41 Å². The molecule has 9 heteroatoms. The monoisotopic (exact) mass is 354 g/mol. The molecule has 0 aliphatic carbocycles. The molecule has 2 saturated heterocycles. The Labute approximate surface area is 144 Å². The average Bonchev–Trinajstić information content (AvgIpc) is 2.87. The highest BCUT2D eigenvalue weighted by atomic mass is 19.3. The maximum atomic E-state index is 14.3. The van der Waals surface area contributed by atoms with E-state index in [4.69, 9.17) is 4.74 Å². The molecule has 0 unspecified atom stereocenters. The second kappa shape index (κ2) is 6.62. The van der Waals surface area contributed by atoms with Gasteiger partial charge in [0.15, 0.2) is 0 Å². The maximum absolute atomic E-state index is 14.3. The summed E-state index contributed by atoms with van der Waals surface area (Å²) in [4.78, 5) is 35.5. The second-order valence-electron chi connectivity index (χ2n) is 6.58. The van der Waals surface area contributed by atoms with Crippen molar-refractivity contribution >= 4 is 11.8 Å². The normalized spacial score (nSPS) is 25.6. The van der Waals surface area contributed by atoms with Crippen molar-refractivity contribution < 1.29 is 23.1 Å². The van der Waals surface area contributed by atoms with Crippen molar-refractivity contribution in [3.8, 4) is 0 Å². The second-order valence-corrected chi connectivity index (χ2v) is 6.58. The molecular weight excluding hydrogens is 334 g/mol. The maximum Gasteiger partial charge on any atom is 0.291 e. The number of piperidine rings is 1. The van der Waals surface area contributed by atoms with Crippen molar-refractivity contribution in [3.63, 3.8) is 0 Å². The van der Waals surface area contributed by atoms with E-state index in [1.165, 1.54) is 30.5 Å². The quantitative estimate of drug-likeness (QED) is 0.800. The summed E-state index contributed by atoms with van der Waals surface area (Å²) < 4.78 is 33.7. The zero-order valence-corrected chi connectivity index (χ0v) is 14.0. The molecule has 3 rings (SSSR count). The lowest BCUT2D eigenvalue weighted by molar-refractivity contribution is -0.151. The van der Waals surface area contributed by atoms with Crippen LogP contribution in [0.4, 0.5) is 8.78 Å². The smallest absolute Gasteiger partial charge is 0.291 e. The molecule has 2 aliphatic heterocycles. The highest BCUT2D eigenvalue weighted by molar-refractivity contribution is 5.92. The molecule has 1 aromatic heterocycles. The zero-order valence-electron chi connectivity index (χ0n) is 14.0. The Morgan fingerprint density at radius 2 is 2.04 bits per heavy atom. The summed E-state index contributed by atoms with van der Waals surface area (Å²) in [6, 6.07) is 1.54. The van der Waals surface area contributed by atoms with Crippen molar-refractivity contribution in [2.75, 3.05) is 39.9 Å². The number of carbonyl (C=O) groups excluding carboxylic acids is 2. The summed E-state index contributed by atoms with van der Waals surface area (Å²) in [6.45, 7) is 0.332. The molecule has 0 saturated carbocycles. The van der Waals surface area contributed by atoms with E-state index in [9.17, 15) is 18.4 Å². The summed E-state index contributed by atoms with van der Waals surface area (Å²) in [7, 11) is 1.52. The van der Waals surface area contributed by atoms with Crippen molar-refractivity contribution in [2.45, 2.75) is 18.8 Å². The van der Waals surface area contributed by atoms with Gasteiger partial charge in [0.1, 0.15) is 0 Å². The number of rotatable bonds is 4. The lowest BCUT2D eigenvalue weighted by atomic mass is 9.77. The van der Waals surface area contributed by atoms with Gasteiger partial charge >= 0.3 is 0 Å². The zero-order chi connectivity index (χ0) is 18.1. The van der Waals surface area contributed by atoms with Crippen LogP contribution in [0.1, 0.15) is 23.5 Å². The summed E-state index contributed by atoms with van der Waals surface area (Å²) in [6.07, 6.45) is 2.52. The lowest BCUT2D eigenvalue weighted by Crippen LogP contribution is -2.57. The Kier molecular flexibility index (Phi) is 4.68. The number of likely N-dealkylation sites (tertiary alicyclic amines) is 2. The van der Waals surface area contributed by atoms with Gasteiger partial charge in [0, 0.05) is 45.6 Å². The van der Waals surface area contributed by atoms with Crippen LogP contribution in [0.25, 0.3) is 0 Å². The van der Waals surface area contributed by atoms with Crippen LogP contribution < -0.4 is 0 Å². The number of methoxy groups -OCH3 is 1. The van der Waals surface area contributed by atoms with Gasteiger partial charge in [0.05, 0.1) is 18.6 Å². The Morgan fingerprint density at radius 3 is 2.72 bits per heavy atom. The van der Waals surface area contributed by atoms with Crippen LogP contribution in [0.15, 0.2) is 18.5 Å². The van der Waals surface area contributed by atoms with Crippen LogP contribution in [0.2, 0.25) is 0 Å². The Balaban J connectivity index is 1.82. The predicted octanol–water partition coefficient (Wildman–Crippen LogP) is 0.823. The lowest BCUT2D eigenvalue weighted by Gasteiger charge is -2.42. The minimum atomic E-state index is -3.13. The summed E-state index contributed by atoms with van der Waals surface area (Å²) in [5, 5.41) is 0. The summed E-state index contributed by atoms with van der Waals surface area (Å²) in [5.41, 5.74) is -1.25. The fraction of sp³-hybridized carbons (Fsp3) is 0.625. The molecule has 3 heterocycles. The van der Waals surface area contributed by atoms with Crippen molar-refractivity contribution in [3.05, 3.63) is 24.3 Å². The largest absolute Gasteiger partial charge is 0.383 e. The molecule has 1 spiro atoms. The molecule has 2 fully saturated rings. The Bertz CT molecular complexity index is 658. The van der Waals surface area contributed by atoms with Gasteiger partial charge < -0.3 is 14.5 Å². The molecule has 136 valence electrons. The molecule has 7 nitrogen and oxygen atoms in total. The number of aromatic nitrogens is 2. The van der Waals surface area contributed by atoms with Gasteiger partial charge in [-0.2, -0.15) is 0 Å². The first kappa shape index (κ1) is 17.7. The summed E-state index contributed by atoms with van der Waals surface area (Å²) in [5.74, 6) is -4.29. The number of halogens is 2. The first-order valence-electron chi connectivity index (χ1n) is 8.09. The van der Waals surface area contributed by atoms with Crippen LogP contribution >= 0.6 is 0 Å². The molecule has 1 atom stereocenters. The third kappa shape index (κ3) is 3.46. The Morgan fingerprint density at radius 1 is 1.32 bits per heavy atom. The van der Waals surface area contributed by atoms with E-state index in [2.05, 4.69) is 9.97 Å². The number of carbonyl (C=O) groups is 2. The van der Waals surface area contributed by atoms with E-state index in [0.717, 1.165) is 4.90 Å². The molecule has 2 amide bonds. The fourth-order valence-corrected chi connectivity index (χ4v) is 3.62. The standard InChI is InChI=1S/C16H20F2N4O3/c1-25-8-7-21-6-3-15(14(21)24)9-16(17,18)11-22(10-15)13(23)12-19-4-2-5-20-12/h2,4-5H,3,6-11H2,1H3/t15-/m1/s1. The molecule has 0 N–H and O–H groups in total. The minimum absolute atomic E-state index is 0.0397.